The first kappa shape index (κ1) is 29.0. The molecular weight excluding hydrogens is 623 g/mol. The maximum atomic E-state index is 14.4. The summed E-state index contributed by atoms with van der Waals surface area (Å²) in [7, 11) is 0. The summed E-state index contributed by atoms with van der Waals surface area (Å²) < 4.78 is 2.70. The summed E-state index contributed by atoms with van der Waals surface area (Å²) in [6.45, 7) is 7.43. The Labute approximate surface area is 254 Å². The molecule has 0 aliphatic heterocycles. The van der Waals surface area contributed by atoms with Gasteiger partial charge in [-0.1, -0.05) is 86.1 Å². The number of amides is 1. The lowest BCUT2D eigenvalue weighted by Crippen LogP contribution is -2.42. The lowest BCUT2D eigenvalue weighted by Gasteiger charge is -2.35. The predicted octanol–water partition coefficient (Wildman–Crippen LogP) is 6.70. The van der Waals surface area contributed by atoms with Crippen molar-refractivity contribution in [2.24, 2.45) is 11.7 Å². The number of aryl methyl sites for hydroxylation is 1. The molecule has 1 aromatic heterocycles. The summed E-state index contributed by atoms with van der Waals surface area (Å²) in [5.74, 6) is 0.477. The normalized spacial score (nSPS) is 12.2. The Bertz CT molecular complexity index is 1750. The number of carbonyl (C=O) groups is 1. The summed E-state index contributed by atoms with van der Waals surface area (Å²) in [5.41, 5.74) is 9.19. The Morgan fingerprint density at radius 1 is 0.976 bits per heavy atom. The van der Waals surface area contributed by atoms with E-state index in [9.17, 15) is 9.59 Å². The molecule has 6 nitrogen and oxygen atoms in total. The minimum atomic E-state index is -0.446. The maximum absolute atomic E-state index is 14.4. The molecule has 0 saturated heterocycles. The molecule has 0 bridgehead atoms. The monoisotopic (exact) mass is 658 g/mol. The van der Waals surface area contributed by atoms with E-state index in [2.05, 4.69) is 42.5 Å². The Hall–Kier alpha value is -3.56. The molecule has 0 spiro atoms. The van der Waals surface area contributed by atoms with Crippen LogP contribution in [0.25, 0.3) is 21.7 Å². The van der Waals surface area contributed by atoms with Crippen molar-refractivity contribution in [3.05, 3.63) is 121 Å². The van der Waals surface area contributed by atoms with Crippen molar-refractivity contribution in [1.29, 1.82) is 0 Å². The standard InChI is InChI=1S/C34H35IN4O2/c1-22(2)31(38(19-9-18-36)33(40)25-16-14-23(3)15-17-25)32-37-30-28(20-26-12-7-8-13-27(26)29(30)35)34(41)39(32)21-24-10-5-4-6-11-24/h4-8,10-17,20,22,31H,9,18-19,21,36H2,1-3H3. The average Bonchev–Trinajstić information content (AvgIpc) is 2.98. The minimum absolute atomic E-state index is 0.0216. The SMILES string of the molecule is Cc1ccc(C(=O)N(CCCN)C(c2nc3c(I)c4ccccc4cc3c(=O)n2Cc2ccccc2)C(C)C)cc1. The van der Waals surface area contributed by atoms with Gasteiger partial charge in [-0.25, -0.2) is 4.98 Å². The van der Waals surface area contributed by atoms with Gasteiger partial charge in [0.15, 0.2) is 0 Å². The van der Waals surface area contributed by atoms with Gasteiger partial charge in [-0.3, -0.25) is 14.2 Å². The minimum Gasteiger partial charge on any atom is -0.330 e. The first-order chi connectivity index (χ1) is 19.8. The van der Waals surface area contributed by atoms with Crippen LogP contribution >= 0.6 is 22.6 Å². The molecule has 5 rings (SSSR count). The topological polar surface area (TPSA) is 81.2 Å². The van der Waals surface area contributed by atoms with E-state index in [1.165, 1.54) is 0 Å². The lowest BCUT2D eigenvalue weighted by atomic mass is 9.98. The Morgan fingerprint density at radius 2 is 1.66 bits per heavy atom. The zero-order chi connectivity index (χ0) is 29.1. The lowest BCUT2D eigenvalue weighted by molar-refractivity contribution is 0.0602. The van der Waals surface area contributed by atoms with Crippen molar-refractivity contribution in [3.63, 3.8) is 0 Å². The number of nitrogens with two attached hydrogens (primary N) is 1. The maximum Gasteiger partial charge on any atom is 0.261 e. The molecule has 0 radical (unpaired) electrons. The highest BCUT2D eigenvalue weighted by molar-refractivity contribution is 14.1. The molecule has 1 heterocycles. The number of hydrogen-bond acceptors (Lipinski definition) is 4. The highest BCUT2D eigenvalue weighted by atomic mass is 127. The highest BCUT2D eigenvalue weighted by Crippen LogP contribution is 2.33. The van der Waals surface area contributed by atoms with E-state index in [0.717, 1.165) is 25.5 Å². The molecule has 0 aliphatic rings. The molecular formula is C34H35IN4O2. The number of benzene rings is 4. The number of aromatic nitrogens is 2. The van der Waals surface area contributed by atoms with Crippen LogP contribution in [0, 0.1) is 16.4 Å². The second-order valence-electron chi connectivity index (χ2n) is 10.9. The van der Waals surface area contributed by atoms with Crippen molar-refractivity contribution >= 4 is 50.2 Å². The van der Waals surface area contributed by atoms with Gasteiger partial charge in [-0.15, -0.1) is 0 Å². The first-order valence-electron chi connectivity index (χ1n) is 14.0. The molecule has 0 saturated carbocycles. The number of carbonyl (C=O) groups excluding carboxylic acids is 1. The molecule has 4 aromatic carbocycles. The number of halogens is 1. The second-order valence-corrected chi connectivity index (χ2v) is 11.9. The molecule has 210 valence electrons. The average molecular weight is 659 g/mol. The number of hydrogen-bond donors (Lipinski definition) is 1. The quantitative estimate of drug-likeness (QED) is 0.141. The van der Waals surface area contributed by atoms with Crippen LogP contribution in [0.2, 0.25) is 0 Å². The summed E-state index contributed by atoms with van der Waals surface area (Å²) in [4.78, 5) is 35.6. The first-order valence-corrected chi connectivity index (χ1v) is 15.1. The van der Waals surface area contributed by atoms with Crippen LogP contribution in [-0.4, -0.2) is 33.4 Å². The van der Waals surface area contributed by atoms with Crippen molar-refractivity contribution in [2.45, 2.75) is 39.8 Å². The van der Waals surface area contributed by atoms with Crippen molar-refractivity contribution in [2.75, 3.05) is 13.1 Å². The van der Waals surface area contributed by atoms with E-state index in [1.807, 2.05) is 90.7 Å². The third-order valence-electron chi connectivity index (χ3n) is 7.52. The highest BCUT2D eigenvalue weighted by Gasteiger charge is 2.33. The molecule has 1 amide bonds. The molecule has 2 N–H and O–H groups in total. The van der Waals surface area contributed by atoms with Crippen LogP contribution in [0.3, 0.4) is 0 Å². The van der Waals surface area contributed by atoms with Gasteiger partial charge in [-0.2, -0.15) is 0 Å². The van der Waals surface area contributed by atoms with E-state index < -0.39 is 6.04 Å². The number of fused-ring (bicyclic) bond motifs is 2. The second kappa shape index (κ2) is 12.5. The van der Waals surface area contributed by atoms with E-state index in [-0.39, 0.29) is 17.4 Å². The Kier molecular flexibility index (Phi) is 8.85. The van der Waals surface area contributed by atoms with E-state index in [1.54, 1.807) is 4.57 Å². The van der Waals surface area contributed by atoms with Gasteiger partial charge in [0.05, 0.1) is 23.5 Å². The number of nitrogens with zero attached hydrogens (tertiary/aromatic N) is 3. The molecule has 0 aliphatic carbocycles. The van der Waals surface area contributed by atoms with Crippen LogP contribution in [0.1, 0.15) is 53.6 Å². The van der Waals surface area contributed by atoms with Gasteiger partial charge in [0.2, 0.25) is 0 Å². The molecule has 0 fully saturated rings. The van der Waals surface area contributed by atoms with Gasteiger partial charge in [0.1, 0.15) is 5.82 Å². The largest absolute Gasteiger partial charge is 0.330 e. The fourth-order valence-corrected chi connectivity index (χ4v) is 6.32. The van der Waals surface area contributed by atoms with Gasteiger partial charge in [0.25, 0.3) is 11.5 Å². The summed E-state index contributed by atoms with van der Waals surface area (Å²) in [5, 5.41) is 2.63. The number of rotatable bonds is 9. The van der Waals surface area contributed by atoms with Crippen LogP contribution in [-0.2, 0) is 6.54 Å². The third kappa shape index (κ3) is 5.92. The van der Waals surface area contributed by atoms with Gasteiger partial charge in [0, 0.05) is 15.7 Å². The summed E-state index contributed by atoms with van der Waals surface area (Å²) in [6, 6.07) is 27.1. The molecule has 7 heteroatoms. The van der Waals surface area contributed by atoms with E-state index in [0.29, 0.717) is 48.3 Å². The van der Waals surface area contributed by atoms with E-state index >= 15 is 0 Å². The third-order valence-corrected chi connectivity index (χ3v) is 8.61. The molecule has 1 atom stereocenters. The van der Waals surface area contributed by atoms with Crippen molar-refractivity contribution in [3.8, 4) is 0 Å². The fourth-order valence-electron chi connectivity index (χ4n) is 5.42. The van der Waals surface area contributed by atoms with Crippen LogP contribution in [0.4, 0.5) is 0 Å². The molecule has 5 aromatic rings. The fraction of sp³-hybridized carbons (Fsp3) is 0.265. The summed E-state index contributed by atoms with van der Waals surface area (Å²) in [6.07, 6.45) is 0.638. The smallest absolute Gasteiger partial charge is 0.261 e. The van der Waals surface area contributed by atoms with Crippen LogP contribution in [0.5, 0.6) is 0 Å². The summed E-state index contributed by atoms with van der Waals surface area (Å²) >= 11 is 2.30. The van der Waals surface area contributed by atoms with Crippen LogP contribution < -0.4 is 11.3 Å². The zero-order valence-corrected chi connectivity index (χ0v) is 25.8. The van der Waals surface area contributed by atoms with Crippen molar-refractivity contribution in [1.82, 2.24) is 14.5 Å². The van der Waals surface area contributed by atoms with Crippen molar-refractivity contribution < 1.29 is 4.79 Å². The Balaban J connectivity index is 1.78. The molecule has 1 unspecified atom stereocenters. The molecule has 41 heavy (non-hydrogen) atoms. The van der Waals surface area contributed by atoms with E-state index in [4.69, 9.17) is 10.7 Å². The predicted molar refractivity (Wildman–Crippen MR) is 175 cm³/mol. The van der Waals surface area contributed by atoms with Crippen LogP contribution in [0.15, 0.2) is 89.7 Å². The van der Waals surface area contributed by atoms with Gasteiger partial charge in [-0.05, 0) is 82.9 Å². The van der Waals surface area contributed by atoms with Gasteiger partial charge < -0.3 is 10.6 Å². The Morgan fingerprint density at radius 3 is 2.34 bits per heavy atom. The zero-order valence-electron chi connectivity index (χ0n) is 23.7. The van der Waals surface area contributed by atoms with Gasteiger partial charge >= 0.3 is 0 Å².